The minimum Gasteiger partial charge on any atom is -0.330 e. The van der Waals surface area contributed by atoms with E-state index in [2.05, 4.69) is 13.8 Å². The van der Waals surface area contributed by atoms with E-state index in [1.165, 1.54) is 37.2 Å². The molecule has 0 saturated heterocycles. The summed E-state index contributed by atoms with van der Waals surface area (Å²) in [5, 5.41) is 0. The van der Waals surface area contributed by atoms with Crippen molar-refractivity contribution in [1.82, 2.24) is 0 Å². The average molecular weight is 189 g/mol. The van der Waals surface area contributed by atoms with E-state index in [1.54, 1.807) is 0 Å². The maximum absolute atomic E-state index is 5.67. The maximum Gasteiger partial charge on any atom is -0.00489 e. The Hall–Kier alpha value is 0.310. The van der Waals surface area contributed by atoms with E-state index in [1.807, 2.05) is 11.8 Å². The summed E-state index contributed by atoms with van der Waals surface area (Å²) in [5.74, 6) is 3.35. The Labute approximate surface area is 81.5 Å². The largest absolute Gasteiger partial charge is 0.330 e. The van der Waals surface area contributed by atoms with Crippen LogP contribution in [0.15, 0.2) is 0 Å². The lowest BCUT2D eigenvalue weighted by Crippen LogP contribution is -2.14. The van der Waals surface area contributed by atoms with Crippen LogP contribution in [0.4, 0.5) is 0 Å². The van der Waals surface area contributed by atoms with Crippen molar-refractivity contribution in [2.75, 3.05) is 18.1 Å². The van der Waals surface area contributed by atoms with E-state index in [-0.39, 0.29) is 0 Å². The second-order valence-electron chi connectivity index (χ2n) is 3.23. The van der Waals surface area contributed by atoms with Crippen molar-refractivity contribution in [3.05, 3.63) is 0 Å². The number of nitrogens with two attached hydrogens (primary N) is 1. The van der Waals surface area contributed by atoms with Crippen LogP contribution in [-0.2, 0) is 0 Å². The first kappa shape index (κ1) is 12.3. The van der Waals surface area contributed by atoms with Crippen molar-refractivity contribution >= 4 is 11.8 Å². The summed E-state index contributed by atoms with van der Waals surface area (Å²) in [7, 11) is 0. The van der Waals surface area contributed by atoms with Crippen LogP contribution in [0.25, 0.3) is 0 Å². The van der Waals surface area contributed by atoms with Crippen molar-refractivity contribution in [3.63, 3.8) is 0 Å². The lowest BCUT2D eigenvalue weighted by Gasteiger charge is -2.12. The van der Waals surface area contributed by atoms with Crippen molar-refractivity contribution in [3.8, 4) is 0 Å². The quantitative estimate of drug-likeness (QED) is 0.594. The van der Waals surface area contributed by atoms with E-state index < -0.39 is 0 Å². The molecule has 74 valence electrons. The fraction of sp³-hybridized carbons (Fsp3) is 1.00. The van der Waals surface area contributed by atoms with Crippen molar-refractivity contribution in [2.24, 2.45) is 11.7 Å². The normalized spacial score (nSPS) is 13.2. The molecule has 0 saturated carbocycles. The van der Waals surface area contributed by atoms with E-state index in [0.29, 0.717) is 0 Å². The second-order valence-corrected chi connectivity index (χ2v) is 4.62. The average Bonchev–Trinajstić information content (AvgIpc) is 2.10. The third-order valence-electron chi connectivity index (χ3n) is 2.14. The molecule has 0 spiro atoms. The molecule has 2 N–H and O–H groups in total. The van der Waals surface area contributed by atoms with E-state index >= 15 is 0 Å². The van der Waals surface area contributed by atoms with Gasteiger partial charge in [0, 0.05) is 0 Å². The lowest BCUT2D eigenvalue weighted by molar-refractivity contribution is 0.452. The molecule has 0 rings (SSSR count). The molecule has 0 aromatic carbocycles. The summed E-state index contributed by atoms with van der Waals surface area (Å²) in [6.45, 7) is 5.34. The van der Waals surface area contributed by atoms with Gasteiger partial charge in [-0.05, 0) is 43.2 Å². The van der Waals surface area contributed by atoms with Gasteiger partial charge in [-0.2, -0.15) is 11.8 Å². The number of rotatable bonds is 8. The topological polar surface area (TPSA) is 26.0 Å². The molecule has 0 aliphatic rings. The van der Waals surface area contributed by atoms with Crippen LogP contribution in [-0.4, -0.2) is 18.1 Å². The van der Waals surface area contributed by atoms with Gasteiger partial charge >= 0.3 is 0 Å². The Morgan fingerprint density at radius 1 is 1.25 bits per heavy atom. The Morgan fingerprint density at radius 3 is 2.50 bits per heavy atom. The van der Waals surface area contributed by atoms with Crippen LogP contribution in [0.5, 0.6) is 0 Å². The molecule has 1 atom stereocenters. The third-order valence-corrected chi connectivity index (χ3v) is 3.12. The van der Waals surface area contributed by atoms with Gasteiger partial charge in [-0.15, -0.1) is 0 Å². The van der Waals surface area contributed by atoms with Crippen molar-refractivity contribution < 1.29 is 0 Å². The molecule has 1 nitrogen and oxygen atoms in total. The summed E-state index contributed by atoms with van der Waals surface area (Å²) < 4.78 is 0. The second kappa shape index (κ2) is 9.40. The molecule has 2 heteroatoms. The van der Waals surface area contributed by atoms with E-state index in [4.69, 9.17) is 5.73 Å². The zero-order chi connectivity index (χ0) is 9.23. The van der Waals surface area contributed by atoms with Crippen molar-refractivity contribution in [2.45, 2.75) is 39.5 Å². The van der Waals surface area contributed by atoms with Crippen molar-refractivity contribution in [1.29, 1.82) is 0 Å². The first-order chi connectivity index (χ1) is 5.85. The van der Waals surface area contributed by atoms with Crippen LogP contribution in [0.2, 0.25) is 0 Å². The van der Waals surface area contributed by atoms with Gasteiger partial charge in [0.25, 0.3) is 0 Å². The molecule has 0 aliphatic carbocycles. The predicted molar refractivity (Wildman–Crippen MR) is 59.7 cm³/mol. The summed E-state index contributed by atoms with van der Waals surface area (Å²) in [6, 6.07) is 0. The van der Waals surface area contributed by atoms with Crippen LogP contribution in [0.1, 0.15) is 39.5 Å². The summed E-state index contributed by atoms with van der Waals surface area (Å²) >= 11 is 2.04. The zero-order valence-electron chi connectivity index (χ0n) is 8.51. The highest BCUT2D eigenvalue weighted by atomic mass is 32.2. The minimum atomic E-state index is 0.785. The Balaban J connectivity index is 3.19. The molecule has 0 aromatic heterocycles. The van der Waals surface area contributed by atoms with Crippen LogP contribution < -0.4 is 5.73 Å². The standard InChI is InChI=1S/C10H23NS/c1-3-6-10(9-11)7-5-8-12-4-2/h10H,3-9,11H2,1-2H3. The number of hydrogen-bond donors (Lipinski definition) is 1. The highest BCUT2D eigenvalue weighted by Gasteiger charge is 2.03. The molecular weight excluding hydrogens is 166 g/mol. The van der Waals surface area contributed by atoms with E-state index in [9.17, 15) is 0 Å². The Kier molecular flexibility index (Phi) is 9.64. The van der Waals surface area contributed by atoms with Gasteiger partial charge in [0.05, 0.1) is 0 Å². The van der Waals surface area contributed by atoms with E-state index in [0.717, 1.165) is 12.5 Å². The molecular formula is C10H23NS. The van der Waals surface area contributed by atoms with Gasteiger partial charge < -0.3 is 5.73 Å². The number of thioether (sulfide) groups is 1. The van der Waals surface area contributed by atoms with Crippen LogP contribution >= 0.6 is 11.8 Å². The monoisotopic (exact) mass is 189 g/mol. The first-order valence-corrected chi connectivity index (χ1v) is 6.28. The molecule has 0 aromatic rings. The molecule has 0 radical (unpaired) electrons. The summed E-state index contributed by atoms with van der Waals surface area (Å²) in [5.41, 5.74) is 5.67. The van der Waals surface area contributed by atoms with Gasteiger partial charge in [-0.25, -0.2) is 0 Å². The SMILES string of the molecule is CCCC(CN)CCCSCC. The molecule has 0 heterocycles. The number of hydrogen-bond acceptors (Lipinski definition) is 2. The summed E-state index contributed by atoms with van der Waals surface area (Å²) in [6.07, 6.45) is 5.27. The molecule has 0 fully saturated rings. The summed E-state index contributed by atoms with van der Waals surface area (Å²) in [4.78, 5) is 0. The van der Waals surface area contributed by atoms with Gasteiger partial charge in [-0.1, -0.05) is 20.3 Å². The highest BCUT2D eigenvalue weighted by molar-refractivity contribution is 7.99. The highest BCUT2D eigenvalue weighted by Crippen LogP contribution is 2.14. The molecule has 12 heavy (non-hydrogen) atoms. The molecule has 0 aliphatic heterocycles. The minimum absolute atomic E-state index is 0.785. The Morgan fingerprint density at radius 2 is 2.00 bits per heavy atom. The van der Waals surface area contributed by atoms with Gasteiger partial charge in [0.2, 0.25) is 0 Å². The lowest BCUT2D eigenvalue weighted by atomic mass is 9.99. The Bertz CT molecular complexity index is 85.9. The zero-order valence-corrected chi connectivity index (χ0v) is 9.33. The fourth-order valence-electron chi connectivity index (χ4n) is 1.41. The van der Waals surface area contributed by atoms with Crippen LogP contribution in [0.3, 0.4) is 0 Å². The predicted octanol–water partition coefficient (Wildman–Crippen LogP) is 2.89. The van der Waals surface area contributed by atoms with Gasteiger partial charge in [0.1, 0.15) is 0 Å². The third kappa shape index (κ3) is 6.99. The fourth-order valence-corrected chi connectivity index (χ4v) is 2.07. The smallest absolute Gasteiger partial charge is 0.00489 e. The maximum atomic E-state index is 5.67. The first-order valence-electron chi connectivity index (χ1n) is 5.12. The molecule has 0 amide bonds. The molecule has 0 bridgehead atoms. The molecule has 1 unspecified atom stereocenters. The van der Waals surface area contributed by atoms with Gasteiger partial charge in [-0.3, -0.25) is 0 Å². The van der Waals surface area contributed by atoms with Gasteiger partial charge in [0.15, 0.2) is 0 Å². The van der Waals surface area contributed by atoms with Crippen LogP contribution in [0, 0.1) is 5.92 Å².